The molecule has 0 aliphatic rings. The first-order valence-electron chi connectivity index (χ1n) is 8.50. The van der Waals surface area contributed by atoms with Crippen LogP contribution < -0.4 is 32.9 Å². The molecule has 0 amide bonds. The number of amidine groups is 2. The molecule has 0 heterocycles. The van der Waals surface area contributed by atoms with Crippen LogP contribution in [0.1, 0.15) is 30.4 Å². The standard InChI is InChI=1S/C19H26N6/c20-18(21)14-4-8-16(9-5-14)24-12-2-1-3-13-25-17-10-6-15(7-11-17)19(22)23/h4-11,24-25H,1-3,12-13H2,(H3,20,21)(H3,22,23)/p+2. The van der Waals surface area contributed by atoms with Gasteiger partial charge in [-0.3, -0.25) is 22.3 Å². The van der Waals surface area contributed by atoms with Crippen LogP contribution in [0.15, 0.2) is 48.5 Å². The average molecular weight is 340 g/mol. The van der Waals surface area contributed by atoms with E-state index in [2.05, 4.69) is 10.6 Å². The molecule has 2 aromatic carbocycles. The van der Waals surface area contributed by atoms with Crippen LogP contribution >= 0.6 is 0 Å². The number of nitrogens with two attached hydrogens (primary N) is 4. The molecule has 0 fully saturated rings. The molecule has 0 radical (unpaired) electrons. The lowest BCUT2D eigenvalue weighted by atomic mass is 10.2. The second-order valence-electron chi connectivity index (χ2n) is 5.98. The quantitative estimate of drug-likeness (QED) is 0.194. The summed E-state index contributed by atoms with van der Waals surface area (Å²) in [6, 6.07) is 15.6. The maximum atomic E-state index is 5.55. The molecule has 0 bridgehead atoms. The van der Waals surface area contributed by atoms with Crippen molar-refractivity contribution in [3.8, 4) is 0 Å². The maximum absolute atomic E-state index is 5.55. The lowest BCUT2D eigenvalue weighted by Crippen LogP contribution is -2.46. The van der Waals surface area contributed by atoms with Crippen LogP contribution in [0.4, 0.5) is 11.4 Å². The van der Waals surface area contributed by atoms with Gasteiger partial charge in [0.15, 0.2) is 0 Å². The zero-order valence-electron chi connectivity index (χ0n) is 14.5. The molecular formula is C19H28N6+2. The Morgan fingerprint density at radius 3 is 1.32 bits per heavy atom. The van der Waals surface area contributed by atoms with Crippen molar-refractivity contribution in [2.24, 2.45) is 11.5 Å². The molecule has 0 spiro atoms. The van der Waals surface area contributed by atoms with E-state index in [0.29, 0.717) is 11.7 Å². The first-order valence-corrected chi connectivity index (χ1v) is 8.50. The first-order chi connectivity index (χ1) is 12.1. The number of benzene rings is 2. The molecule has 10 N–H and O–H groups in total. The highest BCUT2D eigenvalue weighted by Crippen LogP contribution is 2.10. The molecule has 0 saturated carbocycles. The highest BCUT2D eigenvalue weighted by molar-refractivity contribution is 5.93. The fourth-order valence-electron chi connectivity index (χ4n) is 2.45. The van der Waals surface area contributed by atoms with E-state index in [9.17, 15) is 0 Å². The van der Waals surface area contributed by atoms with E-state index < -0.39 is 0 Å². The minimum Gasteiger partial charge on any atom is -0.385 e. The molecule has 2 aromatic rings. The summed E-state index contributed by atoms with van der Waals surface area (Å²) in [5.74, 6) is 0.691. The third-order valence-electron chi connectivity index (χ3n) is 3.95. The highest BCUT2D eigenvalue weighted by atomic mass is 14.9. The Hall–Kier alpha value is -3.02. The summed E-state index contributed by atoms with van der Waals surface area (Å²) in [6.45, 7) is 1.89. The van der Waals surface area contributed by atoms with Crippen molar-refractivity contribution < 1.29 is 10.8 Å². The van der Waals surface area contributed by atoms with Gasteiger partial charge in [0.05, 0.1) is 11.1 Å². The van der Waals surface area contributed by atoms with E-state index in [4.69, 9.17) is 22.3 Å². The Balaban J connectivity index is 1.57. The molecule has 6 heteroatoms. The van der Waals surface area contributed by atoms with Gasteiger partial charge < -0.3 is 10.6 Å². The lowest BCUT2D eigenvalue weighted by Gasteiger charge is -2.08. The van der Waals surface area contributed by atoms with Crippen molar-refractivity contribution in [1.29, 1.82) is 0 Å². The molecule has 0 aliphatic heterocycles. The van der Waals surface area contributed by atoms with Gasteiger partial charge >= 0.3 is 0 Å². The van der Waals surface area contributed by atoms with Gasteiger partial charge in [-0.1, -0.05) is 0 Å². The van der Waals surface area contributed by atoms with E-state index in [1.54, 1.807) is 0 Å². The second-order valence-corrected chi connectivity index (χ2v) is 5.98. The zero-order valence-corrected chi connectivity index (χ0v) is 14.5. The maximum Gasteiger partial charge on any atom is 0.270 e. The predicted octanol–water partition coefficient (Wildman–Crippen LogP) is -0.690. The topological polar surface area (TPSA) is 127 Å². The predicted molar refractivity (Wildman–Crippen MR) is 104 cm³/mol. The second kappa shape index (κ2) is 9.32. The molecule has 0 saturated heterocycles. The van der Waals surface area contributed by atoms with E-state index in [1.165, 1.54) is 0 Å². The molecule has 6 nitrogen and oxygen atoms in total. The summed E-state index contributed by atoms with van der Waals surface area (Å²) in [7, 11) is 0. The molecule has 25 heavy (non-hydrogen) atoms. The Morgan fingerprint density at radius 2 is 1.00 bits per heavy atom. The van der Waals surface area contributed by atoms with Crippen LogP contribution in [0, 0.1) is 0 Å². The molecule has 132 valence electrons. The summed E-state index contributed by atoms with van der Waals surface area (Å²) in [5, 5.41) is 17.9. The van der Waals surface area contributed by atoms with Gasteiger partial charge in [0, 0.05) is 24.5 Å². The molecule has 0 aliphatic carbocycles. The Bertz CT molecular complexity index is 629. The SMILES string of the molecule is NC(=[NH2+])c1ccc(NCCCCCNc2ccc(C(N)=[NH2+])cc2)cc1. The fourth-order valence-corrected chi connectivity index (χ4v) is 2.45. The normalized spacial score (nSPS) is 10.2. The van der Waals surface area contributed by atoms with Crippen LogP contribution in [0.25, 0.3) is 0 Å². The van der Waals surface area contributed by atoms with Gasteiger partial charge in [0.2, 0.25) is 0 Å². The smallest absolute Gasteiger partial charge is 0.270 e. The van der Waals surface area contributed by atoms with Crippen LogP contribution in [-0.2, 0) is 0 Å². The molecule has 2 rings (SSSR count). The van der Waals surface area contributed by atoms with Crippen molar-refractivity contribution in [3.05, 3.63) is 59.7 Å². The Morgan fingerprint density at radius 1 is 0.640 bits per heavy atom. The number of nitrogens with one attached hydrogen (secondary N) is 2. The van der Waals surface area contributed by atoms with Gasteiger partial charge in [-0.2, -0.15) is 0 Å². The third-order valence-corrected chi connectivity index (χ3v) is 3.95. The van der Waals surface area contributed by atoms with E-state index in [0.717, 1.165) is 54.9 Å². The Labute approximate surface area is 148 Å². The number of anilines is 2. The summed E-state index contributed by atoms with van der Waals surface area (Å²) >= 11 is 0. The van der Waals surface area contributed by atoms with Crippen LogP contribution in [0.2, 0.25) is 0 Å². The number of rotatable bonds is 10. The molecule has 0 aromatic heterocycles. The zero-order chi connectivity index (χ0) is 18.1. The highest BCUT2D eigenvalue weighted by Gasteiger charge is 2.01. The minimum atomic E-state index is 0.346. The third kappa shape index (κ3) is 6.18. The van der Waals surface area contributed by atoms with Gasteiger partial charge in [0.25, 0.3) is 11.7 Å². The average Bonchev–Trinajstić information content (AvgIpc) is 2.61. The molecule has 0 atom stereocenters. The minimum absolute atomic E-state index is 0.346. The number of unbranched alkanes of at least 4 members (excludes halogenated alkanes) is 2. The van der Waals surface area contributed by atoms with Crippen molar-refractivity contribution in [2.45, 2.75) is 19.3 Å². The molecular weight excluding hydrogens is 312 g/mol. The van der Waals surface area contributed by atoms with Crippen LogP contribution in [-0.4, -0.2) is 24.8 Å². The van der Waals surface area contributed by atoms with Crippen molar-refractivity contribution >= 4 is 23.0 Å². The lowest BCUT2D eigenvalue weighted by molar-refractivity contribution is -0.115. The summed E-state index contributed by atoms with van der Waals surface area (Å²) in [5.41, 5.74) is 15.0. The van der Waals surface area contributed by atoms with E-state index in [1.807, 2.05) is 48.5 Å². The van der Waals surface area contributed by atoms with Crippen molar-refractivity contribution in [3.63, 3.8) is 0 Å². The van der Waals surface area contributed by atoms with E-state index in [-0.39, 0.29) is 0 Å². The number of hydrogen-bond donors (Lipinski definition) is 6. The summed E-state index contributed by atoms with van der Waals surface area (Å²) in [4.78, 5) is 0. The monoisotopic (exact) mass is 340 g/mol. The Kier molecular flexibility index (Phi) is 6.83. The first kappa shape index (κ1) is 18.3. The van der Waals surface area contributed by atoms with Gasteiger partial charge in [-0.25, -0.2) is 0 Å². The number of hydrogen-bond acceptors (Lipinski definition) is 2. The van der Waals surface area contributed by atoms with E-state index >= 15 is 0 Å². The van der Waals surface area contributed by atoms with Gasteiger partial charge in [-0.15, -0.1) is 0 Å². The summed E-state index contributed by atoms with van der Waals surface area (Å²) < 4.78 is 0. The van der Waals surface area contributed by atoms with Gasteiger partial charge in [-0.05, 0) is 67.8 Å². The largest absolute Gasteiger partial charge is 0.385 e. The van der Waals surface area contributed by atoms with Crippen LogP contribution in [0.3, 0.4) is 0 Å². The molecule has 0 unspecified atom stereocenters. The van der Waals surface area contributed by atoms with Gasteiger partial charge in [0.1, 0.15) is 0 Å². The van der Waals surface area contributed by atoms with Crippen molar-refractivity contribution in [1.82, 2.24) is 0 Å². The summed E-state index contributed by atoms with van der Waals surface area (Å²) in [6.07, 6.45) is 3.39. The van der Waals surface area contributed by atoms with Crippen LogP contribution in [0.5, 0.6) is 0 Å². The fraction of sp³-hybridized carbons (Fsp3) is 0.263. The van der Waals surface area contributed by atoms with Crippen molar-refractivity contribution in [2.75, 3.05) is 23.7 Å².